The molecule has 0 aliphatic carbocycles. The van der Waals surface area contributed by atoms with Crippen LogP contribution in [0.2, 0.25) is 0 Å². The summed E-state index contributed by atoms with van der Waals surface area (Å²) in [6.07, 6.45) is 5.27. The number of ether oxygens (including phenoxy) is 3. The molecule has 2 saturated heterocycles. The quantitative estimate of drug-likeness (QED) is 0.847. The first-order valence-corrected chi connectivity index (χ1v) is 9.70. The molecule has 0 radical (unpaired) electrons. The van der Waals surface area contributed by atoms with Crippen LogP contribution in [0.4, 0.5) is 0 Å². The molecule has 5 atom stereocenters. The second-order valence-electron chi connectivity index (χ2n) is 7.80. The highest BCUT2D eigenvalue weighted by Crippen LogP contribution is 2.42. The molecule has 1 N–H and O–H groups in total. The van der Waals surface area contributed by atoms with Gasteiger partial charge in [0.15, 0.2) is 5.79 Å². The normalized spacial score (nSPS) is 34.1. The summed E-state index contributed by atoms with van der Waals surface area (Å²) in [5.74, 6) is 0.135. The van der Waals surface area contributed by atoms with Crippen molar-refractivity contribution in [2.45, 2.75) is 70.6 Å². The van der Waals surface area contributed by atoms with Gasteiger partial charge in [-0.25, -0.2) is 0 Å². The third-order valence-electron chi connectivity index (χ3n) is 5.62. The van der Waals surface area contributed by atoms with Crippen molar-refractivity contribution in [1.82, 2.24) is 0 Å². The molecule has 1 aromatic carbocycles. The van der Waals surface area contributed by atoms with Gasteiger partial charge in [0.05, 0.1) is 25.4 Å². The van der Waals surface area contributed by atoms with Crippen LogP contribution >= 0.6 is 0 Å². The molecule has 140 valence electrons. The number of aliphatic hydroxyl groups excluding tert-OH is 1. The topological polar surface area (TPSA) is 47.9 Å². The van der Waals surface area contributed by atoms with E-state index in [-0.39, 0.29) is 24.7 Å². The summed E-state index contributed by atoms with van der Waals surface area (Å²) in [6, 6.07) is 10.2. The molecule has 0 unspecified atom stereocenters. The van der Waals surface area contributed by atoms with Gasteiger partial charge >= 0.3 is 0 Å². The minimum Gasteiger partial charge on any atom is -0.396 e. The molecule has 1 aromatic rings. The fourth-order valence-corrected chi connectivity index (χ4v) is 4.11. The van der Waals surface area contributed by atoms with Crippen LogP contribution in [-0.2, 0) is 20.8 Å². The summed E-state index contributed by atoms with van der Waals surface area (Å²) in [4.78, 5) is 0. The van der Waals surface area contributed by atoms with Crippen molar-refractivity contribution in [2.75, 3.05) is 13.2 Å². The molecule has 0 aromatic heterocycles. The molecule has 0 saturated carbocycles. The number of hydrogen-bond acceptors (Lipinski definition) is 4. The van der Waals surface area contributed by atoms with Gasteiger partial charge in [0, 0.05) is 25.4 Å². The van der Waals surface area contributed by atoms with Gasteiger partial charge in [-0.2, -0.15) is 0 Å². The van der Waals surface area contributed by atoms with Crippen molar-refractivity contribution in [1.29, 1.82) is 0 Å². The van der Waals surface area contributed by atoms with Gasteiger partial charge in [-0.15, -0.1) is 0 Å². The van der Waals surface area contributed by atoms with Crippen LogP contribution in [0.25, 0.3) is 0 Å². The average molecular weight is 348 g/mol. The van der Waals surface area contributed by atoms with Crippen molar-refractivity contribution < 1.29 is 19.3 Å². The molecule has 2 aliphatic heterocycles. The summed E-state index contributed by atoms with van der Waals surface area (Å²) < 4.78 is 18.7. The van der Waals surface area contributed by atoms with Crippen LogP contribution in [0.3, 0.4) is 0 Å². The molecule has 0 amide bonds. The SMILES string of the molecule is C[C@H](CO)[C@H]1O[C@@]2(CCC[C@@H](COCc3ccccc3)O2)CC[C@H]1C. The van der Waals surface area contributed by atoms with E-state index < -0.39 is 5.79 Å². The second kappa shape index (κ2) is 8.63. The molecular formula is C21H32O4. The van der Waals surface area contributed by atoms with E-state index in [1.807, 2.05) is 18.2 Å². The Bertz CT molecular complexity index is 516. The van der Waals surface area contributed by atoms with E-state index in [4.69, 9.17) is 14.2 Å². The maximum atomic E-state index is 9.53. The largest absolute Gasteiger partial charge is 0.396 e. The Morgan fingerprint density at radius 3 is 2.76 bits per heavy atom. The van der Waals surface area contributed by atoms with Crippen LogP contribution in [0, 0.1) is 11.8 Å². The van der Waals surface area contributed by atoms with E-state index in [0.717, 1.165) is 32.1 Å². The summed E-state index contributed by atoms with van der Waals surface area (Å²) in [7, 11) is 0. The fourth-order valence-electron chi connectivity index (χ4n) is 4.11. The summed E-state index contributed by atoms with van der Waals surface area (Å²) in [6.45, 7) is 5.66. The maximum Gasteiger partial charge on any atom is 0.169 e. The highest BCUT2D eigenvalue weighted by molar-refractivity contribution is 5.13. The van der Waals surface area contributed by atoms with E-state index in [0.29, 0.717) is 19.1 Å². The highest BCUT2D eigenvalue weighted by Gasteiger charge is 2.45. The van der Waals surface area contributed by atoms with Crippen LogP contribution in [0.1, 0.15) is 51.5 Å². The lowest BCUT2D eigenvalue weighted by molar-refractivity contribution is -0.334. The predicted molar refractivity (Wildman–Crippen MR) is 97.1 cm³/mol. The van der Waals surface area contributed by atoms with Gasteiger partial charge in [0.2, 0.25) is 0 Å². The maximum absolute atomic E-state index is 9.53. The van der Waals surface area contributed by atoms with Crippen molar-refractivity contribution in [3.8, 4) is 0 Å². The number of hydrogen-bond donors (Lipinski definition) is 1. The van der Waals surface area contributed by atoms with Gasteiger partial charge in [0.1, 0.15) is 0 Å². The van der Waals surface area contributed by atoms with Crippen molar-refractivity contribution in [2.24, 2.45) is 11.8 Å². The fraction of sp³-hybridized carbons (Fsp3) is 0.714. The van der Waals surface area contributed by atoms with Gasteiger partial charge in [-0.1, -0.05) is 44.2 Å². The molecule has 2 fully saturated rings. The molecule has 25 heavy (non-hydrogen) atoms. The Morgan fingerprint density at radius 2 is 2.00 bits per heavy atom. The molecule has 1 spiro atoms. The molecule has 3 rings (SSSR count). The standard InChI is InChI=1S/C21H32O4/c1-16-10-12-21(25-20(16)17(2)13-22)11-6-9-19(24-21)15-23-14-18-7-4-3-5-8-18/h3-5,7-8,16-17,19-20,22H,6,9-15H2,1-2H3/t16-,17-,19+,20+,21+/m1/s1. The average Bonchev–Trinajstić information content (AvgIpc) is 2.64. The monoisotopic (exact) mass is 348 g/mol. The number of rotatable bonds is 6. The van der Waals surface area contributed by atoms with Gasteiger partial charge < -0.3 is 19.3 Å². The summed E-state index contributed by atoms with van der Waals surface area (Å²) in [5.41, 5.74) is 1.19. The third kappa shape index (κ3) is 4.82. The van der Waals surface area contributed by atoms with Gasteiger partial charge in [-0.05, 0) is 30.7 Å². The zero-order valence-corrected chi connectivity index (χ0v) is 15.5. The van der Waals surface area contributed by atoms with E-state index >= 15 is 0 Å². The molecular weight excluding hydrogens is 316 g/mol. The zero-order valence-electron chi connectivity index (χ0n) is 15.5. The van der Waals surface area contributed by atoms with Crippen molar-refractivity contribution in [3.05, 3.63) is 35.9 Å². The van der Waals surface area contributed by atoms with Crippen molar-refractivity contribution in [3.63, 3.8) is 0 Å². The minimum atomic E-state index is -0.473. The van der Waals surface area contributed by atoms with E-state index in [1.165, 1.54) is 5.56 Å². The van der Waals surface area contributed by atoms with Gasteiger partial charge in [-0.3, -0.25) is 0 Å². The number of benzene rings is 1. The first-order valence-electron chi connectivity index (χ1n) is 9.70. The first kappa shape index (κ1) is 18.8. The zero-order chi connectivity index (χ0) is 17.7. The highest BCUT2D eigenvalue weighted by atomic mass is 16.7. The van der Waals surface area contributed by atoms with Crippen LogP contribution < -0.4 is 0 Å². The van der Waals surface area contributed by atoms with Crippen molar-refractivity contribution >= 4 is 0 Å². The molecule has 2 aliphatic rings. The first-order chi connectivity index (χ1) is 12.1. The van der Waals surface area contributed by atoms with Gasteiger partial charge in [0.25, 0.3) is 0 Å². The lowest BCUT2D eigenvalue weighted by Crippen LogP contribution is -2.52. The van der Waals surface area contributed by atoms with E-state index in [9.17, 15) is 5.11 Å². The van der Waals surface area contributed by atoms with E-state index in [2.05, 4.69) is 26.0 Å². The Labute approximate surface area is 151 Å². The van der Waals surface area contributed by atoms with E-state index in [1.54, 1.807) is 0 Å². The lowest BCUT2D eigenvalue weighted by atomic mass is 9.83. The second-order valence-corrected chi connectivity index (χ2v) is 7.80. The van der Waals surface area contributed by atoms with Crippen LogP contribution in [0.15, 0.2) is 30.3 Å². The molecule has 0 bridgehead atoms. The third-order valence-corrected chi connectivity index (χ3v) is 5.62. The smallest absolute Gasteiger partial charge is 0.169 e. The Hall–Kier alpha value is -0.940. The Kier molecular flexibility index (Phi) is 6.50. The molecule has 2 heterocycles. The minimum absolute atomic E-state index is 0.0720. The Morgan fingerprint density at radius 1 is 1.20 bits per heavy atom. The number of aliphatic hydroxyl groups is 1. The van der Waals surface area contributed by atoms with Crippen LogP contribution in [0.5, 0.6) is 0 Å². The van der Waals surface area contributed by atoms with Crippen LogP contribution in [-0.4, -0.2) is 36.3 Å². The lowest BCUT2D eigenvalue weighted by Gasteiger charge is -2.49. The summed E-state index contributed by atoms with van der Waals surface area (Å²) >= 11 is 0. The summed E-state index contributed by atoms with van der Waals surface area (Å²) in [5, 5.41) is 9.53. The molecule has 4 heteroatoms. The predicted octanol–water partition coefficient (Wildman–Crippen LogP) is 3.91. The Balaban J connectivity index is 1.53. The molecule has 4 nitrogen and oxygen atoms in total.